The van der Waals surface area contributed by atoms with Crippen molar-refractivity contribution in [2.24, 2.45) is 11.8 Å². The van der Waals surface area contributed by atoms with Crippen LogP contribution in [0.25, 0.3) is 0 Å². The van der Waals surface area contributed by atoms with Crippen molar-refractivity contribution in [3.63, 3.8) is 0 Å². The van der Waals surface area contributed by atoms with Gasteiger partial charge in [0.2, 0.25) is 0 Å². The Hall–Kier alpha value is -1.29. The van der Waals surface area contributed by atoms with Crippen LogP contribution in [-0.2, 0) is 9.53 Å². The van der Waals surface area contributed by atoms with Crippen LogP contribution in [0.1, 0.15) is 13.3 Å². The van der Waals surface area contributed by atoms with Crippen molar-refractivity contribution < 1.29 is 9.53 Å². The van der Waals surface area contributed by atoms with Crippen LogP contribution in [0.5, 0.6) is 0 Å². The standard InChI is InChI=1S/C11H14N2O2/c1-2-15-11(14)10-8-4-6-3-7(6)5-9(8)12-13-10/h3,5-6,8,10,12-13H,2,4H2,1H3. The van der Waals surface area contributed by atoms with Gasteiger partial charge in [-0.05, 0) is 25.0 Å². The minimum Gasteiger partial charge on any atom is -0.465 e. The summed E-state index contributed by atoms with van der Waals surface area (Å²) >= 11 is 0. The molecule has 3 unspecified atom stereocenters. The second-order valence-corrected chi connectivity index (χ2v) is 4.21. The first-order chi connectivity index (χ1) is 7.29. The van der Waals surface area contributed by atoms with Gasteiger partial charge in [-0.1, -0.05) is 6.08 Å². The summed E-state index contributed by atoms with van der Waals surface area (Å²) in [4.78, 5) is 11.7. The summed E-state index contributed by atoms with van der Waals surface area (Å²) in [6.07, 6.45) is 5.42. The van der Waals surface area contributed by atoms with Crippen molar-refractivity contribution in [1.29, 1.82) is 0 Å². The zero-order chi connectivity index (χ0) is 10.4. The maximum Gasteiger partial charge on any atom is 0.325 e. The van der Waals surface area contributed by atoms with Gasteiger partial charge in [-0.25, -0.2) is 5.43 Å². The number of esters is 1. The first-order valence-corrected chi connectivity index (χ1v) is 5.41. The number of ether oxygens (including phenoxy) is 1. The fourth-order valence-corrected chi connectivity index (χ4v) is 2.39. The number of carbonyl (C=O) groups is 1. The molecule has 1 heterocycles. The van der Waals surface area contributed by atoms with Gasteiger partial charge in [0, 0.05) is 17.5 Å². The van der Waals surface area contributed by atoms with E-state index in [2.05, 4.69) is 23.0 Å². The zero-order valence-corrected chi connectivity index (χ0v) is 8.62. The summed E-state index contributed by atoms with van der Waals surface area (Å²) in [6, 6.07) is -0.216. The molecule has 2 aliphatic carbocycles. The minimum absolute atomic E-state index is 0.150. The third kappa shape index (κ3) is 1.36. The van der Waals surface area contributed by atoms with Gasteiger partial charge >= 0.3 is 5.97 Å². The molecule has 0 spiro atoms. The molecule has 1 saturated heterocycles. The Labute approximate surface area is 88.3 Å². The number of hydrogen-bond donors (Lipinski definition) is 2. The van der Waals surface area contributed by atoms with E-state index in [1.807, 2.05) is 6.92 Å². The van der Waals surface area contributed by atoms with Crippen LogP contribution in [0, 0.1) is 11.8 Å². The summed E-state index contributed by atoms with van der Waals surface area (Å²) < 4.78 is 5.04. The van der Waals surface area contributed by atoms with Crippen molar-refractivity contribution in [3.05, 3.63) is 23.4 Å². The predicted molar refractivity (Wildman–Crippen MR) is 54.5 cm³/mol. The fourth-order valence-electron chi connectivity index (χ4n) is 2.39. The average Bonchev–Trinajstić information content (AvgIpc) is 2.85. The van der Waals surface area contributed by atoms with Crippen LogP contribution in [-0.4, -0.2) is 18.6 Å². The van der Waals surface area contributed by atoms with Crippen LogP contribution in [0.3, 0.4) is 0 Å². The van der Waals surface area contributed by atoms with Crippen molar-refractivity contribution in [2.45, 2.75) is 19.4 Å². The highest BCUT2D eigenvalue weighted by atomic mass is 16.5. The summed E-state index contributed by atoms with van der Waals surface area (Å²) in [5.74, 6) is 0.719. The van der Waals surface area contributed by atoms with Crippen molar-refractivity contribution in [1.82, 2.24) is 10.9 Å². The lowest BCUT2D eigenvalue weighted by Gasteiger charge is -2.19. The van der Waals surface area contributed by atoms with E-state index in [9.17, 15) is 4.79 Å². The maximum absolute atomic E-state index is 11.7. The SMILES string of the molecule is CCOC(=O)C1NNC2=CC3=CC3CC21. The van der Waals surface area contributed by atoms with Gasteiger partial charge in [0.25, 0.3) is 0 Å². The lowest BCUT2D eigenvalue weighted by atomic mass is 9.87. The first-order valence-electron chi connectivity index (χ1n) is 5.41. The van der Waals surface area contributed by atoms with Gasteiger partial charge in [0.1, 0.15) is 6.04 Å². The molecule has 0 radical (unpaired) electrons. The van der Waals surface area contributed by atoms with E-state index in [0.717, 1.165) is 12.1 Å². The highest BCUT2D eigenvalue weighted by molar-refractivity contribution is 5.77. The molecule has 80 valence electrons. The van der Waals surface area contributed by atoms with Crippen LogP contribution in [0.2, 0.25) is 0 Å². The van der Waals surface area contributed by atoms with E-state index in [1.165, 1.54) is 5.57 Å². The van der Waals surface area contributed by atoms with Gasteiger partial charge in [-0.2, -0.15) is 0 Å². The van der Waals surface area contributed by atoms with E-state index in [4.69, 9.17) is 4.74 Å². The Morgan fingerprint density at radius 1 is 1.67 bits per heavy atom. The molecule has 0 aromatic rings. The number of hydrogen-bond acceptors (Lipinski definition) is 4. The predicted octanol–water partition coefficient (Wildman–Crippen LogP) is 0.486. The highest BCUT2D eigenvalue weighted by Crippen LogP contribution is 2.44. The van der Waals surface area contributed by atoms with Crippen LogP contribution in [0.4, 0.5) is 0 Å². The van der Waals surface area contributed by atoms with Crippen molar-refractivity contribution >= 4 is 5.97 Å². The van der Waals surface area contributed by atoms with E-state index in [-0.39, 0.29) is 17.9 Å². The molecule has 4 heteroatoms. The Bertz CT molecular complexity index is 373. The van der Waals surface area contributed by atoms with Gasteiger partial charge in [0.15, 0.2) is 0 Å². The van der Waals surface area contributed by atoms with Gasteiger partial charge in [-0.3, -0.25) is 4.79 Å². The second-order valence-electron chi connectivity index (χ2n) is 4.21. The molecular weight excluding hydrogens is 192 g/mol. The van der Waals surface area contributed by atoms with Gasteiger partial charge in [-0.15, -0.1) is 0 Å². The Kier molecular flexibility index (Phi) is 1.85. The molecule has 3 aliphatic rings. The molecule has 0 saturated carbocycles. The summed E-state index contributed by atoms with van der Waals surface area (Å²) in [6.45, 7) is 2.27. The highest BCUT2D eigenvalue weighted by Gasteiger charge is 2.44. The molecule has 0 bridgehead atoms. The van der Waals surface area contributed by atoms with Crippen LogP contribution >= 0.6 is 0 Å². The Balaban J connectivity index is 1.76. The molecule has 15 heavy (non-hydrogen) atoms. The largest absolute Gasteiger partial charge is 0.465 e. The Morgan fingerprint density at radius 2 is 2.53 bits per heavy atom. The van der Waals surface area contributed by atoms with Crippen LogP contribution in [0.15, 0.2) is 23.4 Å². The fraction of sp³-hybridized carbons (Fsp3) is 0.545. The van der Waals surface area contributed by atoms with Crippen molar-refractivity contribution in [3.8, 4) is 0 Å². The normalized spacial score (nSPS) is 35.7. The Morgan fingerprint density at radius 3 is 3.33 bits per heavy atom. The topological polar surface area (TPSA) is 50.4 Å². The van der Waals surface area contributed by atoms with E-state index in [0.29, 0.717) is 12.5 Å². The molecule has 2 N–H and O–H groups in total. The number of nitrogens with one attached hydrogen (secondary N) is 2. The second kappa shape index (κ2) is 3.10. The number of hydrazine groups is 1. The maximum atomic E-state index is 11.7. The number of carbonyl (C=O) groups excluding carboxylic acids is 1. The molecule has 4 nitrogen and oxygen atoms in total. The number of fused-ring (bicyclic) bond motifs is 2. The quantitative estimate of drug-likeness (QED) is 0.645. The molecule has 3 rings (SSSR count). The van der Waals surface area contributed by atoms with Crippen LogP contribution < -0.4 is 10.9 Å². The molecule has 1 fully saturated rings. The van der Waals surface area contributed by atoms with Gasteiger partial charge < -0.3 is 10.2 Å². The summed E-state index contributed by atoms with van der Waals surface area (Å²) in [7, 11) is 0. The zero-order valence-electron chi connectivity index (χ0n) is 8.62. The number of allylic oxidation sites excluding steroid dienone is 3. The van der Waals surface area contributed by atoms with Gasteiger partial charge in [0.05, 0.1) is 6.61 Å². The average molecular weight is 206 g/mol. The van der Waals surface area contributed by atoms with E-state index >= 15 is 0 Å². The molecule has 0 aromatic heterocycles. The molecule has 1 aliphatic heterocycles. The smallest absolute Gasteiger partial charge is 0.325 e. The monoisotopic (exact) mass is 206 g/mol. The molecule has 3 atom stereocenters. The first kappa shape index (κ1) is 8.97. The minimum atomic E-state index is -0.216. The van der Waals surface area contributed by atoms with Crippen molar-refractivity contribution in [2.75, 3.05) is 6.61 Å². The molecule has 0 amide bonds. The third-order valence-electron chi connectivity index (χ3n) is 3.26. The van der Waals surface area contributed by atoms with E-state index in [1.54, 1.807) is 0 Å². The lowest BCUT2D eigenvalue weighted by Crippen LogP contribution is -2.40. The molecular formula is C11H14N2O2. The third-order valence-corrected chi connectivity index (χ3v) is 3.26. The number of rotatable bonds is 2. The summed E-state index contributed by atoms with van der Waals surface area (Å²) in [5, 5.41) is 0. The van der Waals surface area contributed by atoms with E-state index < -0.39 is 0 Å². The molecule has 0 aromatic carbocycles. The summed E-state index contributed by atoms with van der Waals surface area (Å²) in [5.41, 5.74) is 8.61. The lowest BCUT2D eigenvalue weighted by molar-refractivity contribution is -0.146.